The van der Waals surface area contributed by atoms with E-state index in [1.165, 1.54) is 22.0 Å². The van der Waals surface area contributed by atoms with Gasteiger partial charge in [-0.1, -0.05) is 48.5 Å². The van der Waals surface area contributed by atoms with Crippen molar-refractivity contribution in [3.05, 3.63) is 77.1 Å². The molecule has 2 aromatic carbocycles. The lowest BCUT2D eigenvalue weighted by atomic mass is 9.79. The Balaban J connectivity index is 1.09. The summed E-state index contributed by atoms with van der Waals surface area (Å²) in [5.41, 5.74) is 5.15. The Kier molecular flexibility index (Phi) is 5.98. The van der Waals surface area contributed by atoms with Gasteiger partial charge in [0.05, 0.1) is 6.20 Å². The van der Waals surface area contributed by atoms with E-state index in [1.807, 2.05) is 24.3 Å². The number of rotatable bonds is 7. The van der Waals surface area contributed by atoms with Crippen molar-refractivity contribution in [3.8, 4) is 11.1 Å². The minimum atomic E-state index is -1.09. The molecule has 2 aliphatic rings. The molecule has 0 unspecified atom stereocenters. The van der Waals surface area contributed by atoms with E-state index in [0.717, 1.165) is 11.1 Å². The maximum atomic E-state index is 12.4. The highest BCUT2D eigenvalue weighted by atomic mass is 16.5. The van der Waals surface area contributed by atoms with Crippen molar-refractivity contribution in [2.75, 3.05) is 6.61 Å². The number of hydrogen-bond acceptors (Lipinski definition) is 5. The van der Waals surface area contributed by atoms with Crippen LogP contribution < -0.4 is 10.6 Å². The van der Waals surface area contributed by atoms with E-state index in [9.17, 15) is 19.5 Å². The van der Waals surface area contributed by atoms with Gasteiger partial charge in [-0.05, 0) is 35.1 Å². The normalized spacial score (nSPS) is 18.2. The molecule has 180 valence electrons. The van der Waals surface area contributed by atoms with Crippen LogP contribution >= 0.6 is 0 Å². The maximum Gasteiger partial charge on any atom is 0.407 e. The van der Waals surface area contributed by atoms with Crippen molar-refractivity contribution in [1.82, 2.24) is 20.4 Å². The van der Waals surface area contributed by atoms with E-state index in [1.54, 1.807) is 7.05 Å². The van der Waals surface area contributed by atoms with Crippen LogP contribution in [0.2, 0.25) is 0 Å². The third-order valence-electron chi connectivity index (χ3n) is 6.84. The van der Waals surface area contributed by atoms with Gasteiger partial charge in [0.15, 0.2) is 5.69 Å². The number of amides is 2. The number of carboxylic acid groups (broad SMARTS) is 1. The van der Waals surface area contributed by atoms with Crippen molar-refractivity contribution in [1.29, 1.82) is 0 Å². The number of aromatic nitrogens is 2. The number of alkyl carbamates (subject to hydrolysis) is 1. The van der Waals surface area contributed by atoms with Gasteiger partial charge in [-0.25, -0.2) is 9.59 Å². The number of nitrogens with zero attached hydrogens (tertiary/aromatic N) is 2. The van der Waals surface area contributed by atoms with Gasteiger partial charge in [0.25, 0.3) is 0 Å². The lowest BCUT2D eigenvalue weighted by Crippen LogP contribution is -2.49. The number of carbonyl (C=O) groups excluding carboxylic acids is 2. The van der Waals surface area contributed by atoms with Gasteiger partial charge >= 0.3 is 12.1 Å². The summed E-state index contributed by atoms with van der Waals surface area (Å²) in [6, 6.07) is 16.2. The van der Waals surface area contributed by atoms with Crippen LogP contribution in [0.25, 0.3) is 11.1 Å². The first-order valence-electron chi connectivity index (χ1n) is 11.6. The molecule has 3 aromatic rings. The van der Waals surface area contributed by atoms with Crippen molar-refractivity contribution >= 4 is 18.0 Å². The summed E-state index contributed by atoms with van der Waals surface area (Å²) in [7, 11) is 1.54. The van der Waals surface area contributed by atoms with E-state index in [0.29, 0.717) is 18.4 Å². The van der Waals surface area contributed by atoms with Crippen LogP contribution in [-0.4, -0.2) is 45.5 Å². The maximum absolute atomic E-state index is 12.4. The molecule has 0 radical (unpaired) electrons. The predicted octanol–water partition coefficient (Wildman–Crippen LogP) is 3.05. The Morgan fingerprint density at radius 2 is 1.69 bits per heavy atom. The molecule has 9 heteroatoms. The number of fused-ring (bicyclic) bond motifs is 3. The van der Waals surface area contributed by atoms with Gasteiger partial charge in [0.1, 0.15) is 6.61 Å². The van der Waals surface area contributed by atoms with Crippen LogP contribution in [0.3, 0.4) is 0 Å². The van der Waals surface area contributed by atoms with Gasteiger partial charge in [-0.3, -0.25) is 9.48 Å². The molecule has 2 aliphatic carbocycles. The van der Waals surface area contributed by atoms with Crippen LogP contribution in [0.15, 0.2) is 54.7 Å². The molecule has 1 aromatic heterocycles. The first-order valence-corrected chi connectivity index (χ1v) is 11.6. The number of aryl methyl sites for hydroxylation is 1. The smallest absolute Gasteiger partial charge is 0.407 e. The van der Waals surface area contributed by atoms with Crippen LogP contribution in [0.4, 0.5) is 4.79 Å². The summed E-state index contributed by atoms with van der Waals surface area (Å²) in [6.45, 7) is 0.336. The number of ether oxygens (including phenoxy) is 1. The summed E-state index contributed by atoms with van der Waals surface area (Å²) in [5.74, 6) is -1.50. The molecule has 5 rings (SSSR count). The summed E-state index contributed by atoms with van der Waals surface area (Å²) in [5, 5.41) is 18.8. The highest BCUT2D eigenvalue weighted by Crippen LogP contribution is 2.44. The largest absolute Gasteiger partial charge is 0.477 e. The zero-order valence-corrected chi connectivity index (χ0v) is 19.2. The van der Waals surface area contributed by atoms with Gasteiger partial charge < -0.3 is 20.5 Å². The average Bonchev–Trinajstić information content (AvgIpc) is 3.36. The van der Waals surface area contributed by atoms with Crippen LogP contribution in [0.1, 0.15) is 45.9 Å². The minimum absolute atomic E-state index is 0.00348. The second-order valence-electron chi connectivity index (χ2n) is 9.00. The summed E-state index contributed by atoms with van der Waals surface area (Å²) in [6.07, 6.45) is 1.97. The third kappa shape index (κ3) is 4.37. The average molecular weight is 475 g/mol. The quantitative estimate of drug-likeness (QED) is 0.484. The zero-order valence-electron chi connectivity index (χ0n) is 19.2. The molecule has 9 nitrogen and oxygen atoms in total. The second-order valence-corrected chi connectivity index (χ2v) is 9.00. The lowest BCUT2D eigenvalue weighted by molar-refractivity contribution is -0.128. The number of nitrogens with one attached hydrogen (secondary N) is 2. The van der Waals surface area contributed by atoms with E-state index in [4.69, 9.17) is 4.74 Å². The van der Waals surface area contributed by atoms with Crippen molar-refractivity contribution in [3.63, 3.8) is 0 Å². The Labute approximate surface area is 202 Å². The molecule has 0 saturated heterocycles. The minimum Gasteiger partial charge on any atom is -0.477 e. The highest BCUT2D eigenvalue weighted by molar-refractivity contribution is 5.87. The highest BCUT2D eigenvalue weighted by Gasteiger charge is 2.36. The molecule has 1 fully saturated rings. The van der Waals surface area contributed by atoms with Gasteiger partial charge in [-0.2, -0.15) is 5.10 Å². The number of benzene rings is 2. The Hall–Kier alpha value is -4.14. The van der Waals surface area contributed by atoms with Crippen molar-refractivity contribution < 1.29 is 24.2 Å². The molecule has 1 heterocycles. The van der Waals surface area contributed by atoms with Crippen LogP contribution in [-0.2, 0) is 23.1 Å². The number of carboxylic acids is 1. The fourth-order valence-electron chi connectivity index (χ4n) is 4.97. The van der Waals surface area contributed by atoms with Crippen LogP contribution in [0.5, 0.6) is 0 Å². The first-order chi connectivity index (χ1) is 16.9. The van der Waals surface area contributed by atoms with Gasteiger partial charge in [0, 0.05) is 37.0 Å². The van der Waals surface area contributed by atoms with Crippen molar-refractivity contribution in [2.45, 2.75) is 31.3 Å². The fourth-order valence-corrected chi connectivity index (χ4v) is 4.97. The topological polar surface area (TPSA) is 123 Å². The zero-order chi connectivity index (χ0) is 24.5. The van der Waals surface area contributed by atoms with Gasteiger partial charge in [-0.15, -0.1) is 0 Å². The number of aromatic carboxylic acids is 1. The molecule has 2 amide bonds. The first kappa shape index (κ1) is 22.6. The summed E-state index contributed by atoms with van der Waals surface area (Å²) in [4.78, 5) is 36.2. The molecular formula is C26H26N4O5. The van der Waals surface area contributed by atoms with Gasteiger partial charge in [0.2, 0.25) is 5.91 Å². The molecule has 3 N–H and O–H groups in total. The Morgan fingerprint density at radius 1 is 1.06 bits per heavy atom. The number of carbonyl (C=O) groups is 3. The molecule has 0 spiro atoms. The predicted molar refractivity (Wildman–Crippen MR) is 127 cm³/mol. The number of hydrogen-bond donors (Lipinski definition) is 3. The van der Waals surface area contributed by atoms with E-state index < -0.39 is 12.1 Å². The summed E-state index contributed by atoms with van der Waals surface area (Å²) < 4.78 is 6.83. The molecule has 1 saturated carbocycles. The van der Waals surface area contributed by atoms with E-state index in [-0.39, 0.29) is 42.6 Å². The standard InChI is InChI=1S/C26H26N4O5/c1-30-23(25(32)33)16(13-28-30)12-27-24(31)15-10-17(11-15)29-26(34)35-14-22-20-8-4-2-6-18(20)19-7-3-5-9-21(19)22/h2-9,13,15,17,22H,10-12,14H2,1H3,(H,27,31)(H,29,34)(H,32,33). The molecule has 0 atom stereocenters. The molecule has 35 heavy (non-hydrogen) atoms. The lowest BCUT2D eigenvalue weighted by Gasteiger charge is -2.34. The summed E-state index contributed by atoms with van der Waals surface area (Å²) >= 11 is 0. The van der Waals surface area contributed by atoms with Crippen molar-refractivity contribution in [2.24, 2.45) is 13.0 Å². The Morgan fingerprint density at radius 3 is 2.31 bits per heavy atom. The second kappa shape index (κ2) is 9.25. The molecule has 0 aliphatic heterocycles. The van der Waals surface area contributed by atoms with E-state index in [2.05, 4.69) is 40.0 Å². The molecule has 0 bridgehead atoms. The monoisotopic (exact) mass is 474 g/mol. The third-order valence-corrected chi connectivity index (χ3v) is 6.84. The van der Waals surface area contributed by atoms with E-state index >= 15 is 0 Å². The Bertz CT molecular complexity index is 1250. The molecular weight excluding hydrogens is 448 g/mol. The van der Waals surface area contributed by atoms with Crippen LogP contribution in [0, 0.1) is 5.92 Å². The fraction of sp³-hybridized carbons (Fsp3) is 0.308. The SMILES string of the molecule is Cn1ncc(CNC(=O)C2CC(NC(=O)OCC3c4ccccc4-c4ccccc43)C2)c1C(=O)O.